The predicted molar refractivity (Wildman–Crippen MR) is 114 cm³/mol. The number of carbonyl (C=O) groups excluding carboxylic acids is 1. The van der Waals surface area contributed by atoms with Gasteiger partial charge in [-0.2, -0.15) is 0 Å². The van der Waals surface area contributed by atoms with E-state index in [1.807, 2.05) is 32.0 Å². The van der Waals surface area contributed by atoms with Gasteiger partial charge in [-0.05, 0) is 62.3 Å². The van der Waals surface area contributed by atoms with Gasteiger partial charge in [-0.15, -0.1) is 11.3 Å². The fourth-order valence-electron chi connectivity index (χ4n) is 3.64. The maximum atomic E-state index is 13.7. The summed E-state index contributed by atoms with van der Waals surface area (Å²) in [6.45, 7) is 4.00. The summed E-state index contributed by atoms with van der Waals surface area (Å²) in [6.07, 6.45) is 4.23. The lowest BCUT2D eigenvalue weighted by Crippen LogP contribution is -2.23. The lowest BCUT2D eigenvalue weighted by Gasteiger charge is -2.15. The van der Waals surface area contributed by atoms with Crippen molar-refractivity contribution in [3.8, 4) is 5.69 Å². The summed E-state index contributed by atoms with van der Waals surface area (Å²) < 4.78 is 6.45. The molecule has 1 aliphatic rings. The van der Waals surface area contributed by atoms with E-state index in [9.17, 15) is 9.59 Å². The van der Waals surface area contributed by atoms with E-state index in [1.165, 1.54) is 29.3 Å². The van der Waals surface area contributed by atoms with Crippen LogP contribution in [0.15, 0.2) is 28.2 Å². The van der Waals surface area contributed by atoms with E-state index in [4.69, 9.17) is 9.72 Å². The number of fused-ring (bicyclic) bond motifs is 3. The molecule has 0 saturated carbocycles. The van der Waals surface area contributed by atoms with Crippen LogP contribution in [0.3, 0.4) is 0 Å². The molecular weight excluding hydrogens is 392 g/mol. The molecule has 4 rings (SSSR count). The number of ether oxygens (including phenoxy) is 1. The van der Waals surface area contributed by atoms with Crippen molar-refractivity contribution >= 4 is 39.3 Å². The number of aromatic nitrogens is 2. The Morgan fingerprint density at radius 3 is 2.86 bits per heavy atom. The molecule has 0 bridgehead atoms. The standard InChI is InChI=1S/C21H22N2O3S2/c1-12-8-9-13(2)15(10-12)23-20(25)18-14-6-4-5-7-16(14)28-19(18)22-21(23)27-11-17(24)26-3/h8-10H,4-7,11H2,1-3H3. The van der Waals surface area contributed by atoms with Gasteiger partial charge < -0.3 is 4.74 Å². The highest BCUT2D eigenvalue weighted by Gasteiger charge is 2.23. The molecule has 0 saturated heterocycles. The quantitative estimate of drug-likeness (QED) is 0.364. The Morgan fingerprint density at radius 1 is 1.29 bits per heavy atom. The number of thiophene rings is 1. The lowest BCUT2D eigenvalue weighted by molar-refractivity contribution is -0.137. The first-order chi connectivity index (χ1) is 13.5. The van der Waals surface area contributed by atoms with E-state index < -0.39 is 0 Å². The number of aryl methyl sites for hydroxylation is 4. The van der Waals surface area contributed by atoms with Crippen LogP contribution in [0.5, 0.6) is 0 Å². The highest BCUT2D eigenvalue weighted by Crippen LogP contribution is 2.35. The summed E-state index contributed by atoms with van der Waals surface area (Å²) in [5.74, 6) is -0.220. The van der Waals surface area contributed by atoms with Crippen LogP contribution in [-0.4, -0.2) is 28.4 Å². The molecule has 146 valence electrons. The molecule has 0 spiro atoms. The molecule has 3 aromatic rings. The van der Waals surface area contributed by atoms with Crippen LogP contribution in [0.2, 0.25) is 0 Å². The van der Waals surface area contributed by atoms with Crippen LogP contribution in [-0.2, 0) is 22.4 Å². The molecule has 28 heavy (non-hydrogen) atoms. The third-order valence-corrected chi connectivity index (χ3v) is 7.21. The van der Waals surface area contributed by atoms with Crippen molar-refractivity contribution in [2.75, 3.05) is 12.9 Å². The van der Waals surface area contributed by atoms with Gasteiger partial charge in [0.25, 0.3) is 5.56 Å². The van der Waals surface area contributed by atoms with Crippen LogP contribution in [0.4, 0.5) is 0 Å². The fourth-order valence-corrected chi connectivity index (χ4v) is 5.78. The molecule has 2 aromatic heterocycles. The second-order valence-electron chi connectivity index (χ2n) is 7.08. The number of rotatable bonds is 4. The number of thioether (sulfide) groups is 1. The summed E-state index contributed by atoms with van der Waals surface area (Å²) in [5.41, 5.74) is 4.03. The van der Waals surface area contributed by atoms with Gasteiger partial charge in [0, 0.05) is 4.88 Å². The average Bonchev–Trinajstić information content (AvgIpc) is 3.07. The summed E-state index contributed by atoms with van der Waals surface area (Å²) in [5, 5.41) is 1.29. The fraction of sp³-hybridized carbons (Fsp3) is 0.381. The first-order valence-electron chi connectivity index (χ1n) is 9.34. The smallest absolute Gasteiger partial charge is 0.316 e. The van der Waals surface area contributed by atoms with Crippen molar-refractivity contribution in [2.45, 2.75) is 44.7 Å². The van der Waals surface area contributed by atoms with E-state index in [0.29, 0.717) is 5.16 Å². The second-order valence-corrected chi connectivity index (χ2v) is 9.11. The number of carbonyl (C=O) groups is 1. The molecule has 0 amide bonds. The zero-order chi connectivity index (χ0) is 19.8. The third-order valence-electron chi connectivity index (χ3n) is 5.11. The average molecular weight is 415 g/mol. The molecule has 2 heterocycles. The first kappa shape index (κ1) is 19.2. The molecule has 1 aromatic carbocycles. The van der Waals surface area contributed by atoms with Gasteiger partial charge in [0.15, 0.2) is 5.16 Å². The van der Waals surface area contributed by atoms with E-state index in [0.717, 1.165) is 52.7 Å². The third kappa shape index (κ3) is 3.37. The number of benzene rings is 1. The number of hydrogen-bond donors (Lipinski definition) is 0. The van der Waals surface area contributed by atoms with Crippen molar-refractivity contribution in [3.63, 3.8) is 0 Å². The van der Waals surface area contributed by atoms with Crippen molar-refractivity contribution in [1.29, 1.82) is 0 Å². The summed E-state index contributed by atoms with van der Waals surface area (Å²) in [7, 11) is 1.37. The Bertz CT molecular complexity index is 1130. The Hall–Kier alpha value is -2.12. The number of methoxy groups -OCH3 is 1. The molecule has 0 aliphatic heterocycles. The molecule has 0 N–H and O–H groups in total. The minimum atomic E-state index is -0.336. The molecule has 0 radical (unpaired) electrons. The van der Waals surface area contributed by atoms with Crippen molar-refractivity contribution in [2.24, 2.45) is 0 Å². The van der Waals surface area contributed by atoms with Gasteiger partial charge in [0.05, 0.1) is 23.9 Å². The van der Waals surface area contributed by atoms with E-state index in [2.05, 4.69) is 0 Å². The Balaban J connectivity index is 1.98. The van der Waals surface area contributed by atoms with Crippen LogP contribution < -0.4 is 5.56 Å². The van der Waals surface area contributed by atoms with Gasteiger partial charge >= 0.3 is 5.97 Å². The van der Waals surface area contributed by atoms with E-state index >= 15 is 0 Å². The minimum absolute atomic E-state index is 0.0366. The van der Waals surface area contributed by atoms with E-state index in [1.54, 1.807) is 15.9 Å². The second kappa shape index (κ2) is 7.72. The van der Waals surface area contributed by atoms with Gasteiger partial charge in [0.2, 0.25) is 0 Å². The Morgan fingerprint density at radius 2 is 2.07 bits per heavy atom. The molecule has 0 atom stereocenters. The zero-order valence-corrected chi connectivity index (χ0v) is 17.8. The highest BCUT2D eigenvalue weighted by atomic mass is 32.2. The molecule has 7 heteroatoms. The summed E-state index contributed by atoms with van der Waals surface area (Å²) in [6, 6.07) is 6.05. The maximum Gasteiger partial charge on any atom is 0.316 e. The molecule has 1 aliphatic carbocycles. The van der Waals surface area contributed by atoms with Gasteiger partial charge in [-0.3, -0.25) is 14.2 Å². The van der Waals surface area contributed by atoms with E-state index in [-0.39, 0.29) is 17.3 Å². The first-order valence-corrected chi connectivity index (χ1v) is 11.1. The normalized spacial score (nSPS) is 13.5. The number of nitrogens with zero attached hydrogens (tertiary/aromatic N) is 2. The number of esters is 1. The minimum Gasteiger partial charge on any atom is -0.468 e. The molecule has 5 nitrogen and oxygen atoms in total. The van der Waals surface area contributed by atoms with Crippen molar-refractivity contribution in [3.05, 3.63) is 50.1 Å². The predicted octanol–water partition coefficient (Wildman–Crippen LogP) is 4.21. The van der Waals surface area contributed by atoms with Gasteiger partial charge in [0.1, 0.15) is 4.83 Å². The van der Waals surface area contributed by atoms with Crippen LogP contribution in [0, 0.1) is 13.8 Å². The summed E-state index contributed by atoms with van der Waals surface area (Å²) in [4.78, 5) is 32.3. The largest absolute Gasteiger partial charge is 0.468 e. The van der Waals surface area contributed by atoms with Gasteiger partial charge in [-0.25, -0.2) is 4.98 Å². The monoisotopic (exact) mass is 414 g/mol. The zero-order valence-electron chi connectivity index (χ0n) is 16.2. The van der Waals surface area contributed by atoms with Crippen molar-refractivity contribution in [1.82, 2.24) is 9.55 Å². The lowest BCUT2D eigenvalue weighted by atomic mass is 9.97. The topological polar surface area (TPSA) is 61.2 Å². The van der Waals surface area contributed by atoms with Crippen LogP contribution in [0.25, 0.3) is 15.9 Å². The molecule has 0 unspecified atom stereocenters. The van der Waals surface area contributed by atoms with Crippen LogP contribution in [0.1, 0.15) is 34.4 Å². The Kier molecular flexibility index (Phi) is 5.29. The Labute approximate surface area is 171 Å². The summed E-state index contributed by atoms with van der Waals surface area (Å²) >= 11 is 2.87. The maximum absolute atomic E-state index is 13.7. The SMILES string of the molecule is COC(=O)CSc1nc2sc3c(c2c(=O)n1-c1cc(C)ccc1C)CCCC3. The van der Waals surface area contributed by atoms with Gasteiger partial charge in [-0.1, -0.05) is 23.9 Å². The molecular formula is C21H22N2O3S2. The van der Waals surface area contributed by atoms with Crippen LogP contribution >= 0.6 is 23.1 Å². The highest BCUT2D eigenvalue weighted by molar-refractivity contribution is 7.99. The molecule has 0 fully saturated rings. The number of hydrogen-bond acceptors (Lipinski definition) is 6. The van der Waals surface area contributed by atoms with Crippen molar-refractivity contribution < 1.29 is 9.53 Å².